The maximum atomic E-state index is 12.6. The second-order valence-corrected chi connectivity index (χ2v) is 4.11. The van der Waals surface area contributed by atoms with E-state index in [-0.39, 0.29) is 12.3 Å². The van der Waals surface area contributed by atoms with E-state index >= 15 is 0 Å². The first-order chi connectivity index (χ1) is 8.93. The van der Waals surface area contributed by atoms with E-state index in [0.29, 0.717) is 25.1 Å². The third kappa shape index (κ3) is 2.80. The summed E-state index contributed by atoms with van der Waals surface area (Å²) >= 11 is 0. The summed E-state index contributed by atoms with van der Waals surface area (Å²) in [5.41, 5.74) is -0.246. The molecule has 0 spiro atoms. The third-order valence-corrected chi connectivity index (χ3v) is 2.81. The monoisotopic (exact) mass is 274 g/mol. The van der Waals surface area contributed by atoms with Crippen molar-refractivity contribution < 1.29 is 22.7 Å². The van der Waals surface area contributed by atoms with Crippen LogP contribution in [0.2, 0.25) is 0 Å². The summed E-state index contributed by atoms with van der Waals surface area (Å²) in [7, 11) is 0. The lowest BCUT2D eigenvalue weighted by Gasteiger charge is -2.28. The molecule has 0 bridgehead atoms. The summed E-state index contributed by atoms with van der Waals surface area (Å²) in [6, 6.07) is 2.16. The number of pyridine rings is 1. The fraction of sp³-hybridized carbons (Fsp3) is 0.500. The Morgan fingerprint density at radius 2 is 2.21 bits per heavy atom. The first-order valence-electron chi connectivity index (χ1n) is 5.95. The number of nitrogens with zero attached hydrogens (tertiary/aromatic N) is 2. The van der Waals surface area contributed by atoms with Crippen LogP contribution in [0.1, 0.15) is 24.7 Å². The zero-order valence-corrected chi connectivity index (χ0v) is 10.3. The number of ether oxygens (including phenoxy) is 1. The standard InChI is InChI=1S/C12H13F3N2O2/c1-2-19-11(18)17-7-3-4-8-9(17)5-6-10(16-8)12(13,14)15/h5-6H,2-4,7H2,1H3. The first-order valence-corrected chi connectivity index (χ1v) is 5.95. The number of carbonyl (C=O) groups excluding carboxylic acids is 1. The molecule has 7 heteroatoms. The highest BCUT2D eigenvalue weighted by Crippen LogP contribution is 2.32. The fourth-order valence-corrected chi connectivity index (χ4v) is 2.00. The predicted octanol–water partition coefficient (Wildman–Crippen LogP) is 3.01. The van der Waals surface area contributed by atoms with Crippen molar-refractivity contribution in [2.24, 2.45) is 0 Å². The van der Waals surface area contributed by atoms with E-state index in [1.807, 2.05) is 0 Å². The number of aryl methyl sites for hydroxylation is 1. The average molecular weight is 274 g/mol. The molecule has 0 atom stereocenters. The van der Waals surface area contributed by atoms with E-state index in [0.717, 1.165) is 6.07 Å². The molecule has 2 heterocycles. The minimum absolute atomic E-state index is 0.221. The number of rotatable bonds is 1. The van der Waals surface area contributed by atoms with Gasteiger partial charge < -0.3 is 4.74 Å². The van der Waals surface area contributed by atoms with Gasteiger partial charge in [0.25, 0.3) is 0 Å². The number of anilines is 1. The lowest BCUT2D eigenvalue weighted by Crippen LogP contribution is -2.36. The Kier molecular flexibility index (Phi) is 3.64. The maximum Gasteiger partial charge on any atom is 0.433 e. The highest BCUT2D eigenvalue weighted by atomic mass is 19.4. The molecule has 1 aromatic heterocycles. The van der Waals surface area contributed by atoms with Crippen LogP contribution in [0.4, 0.5) is 23.7 Å². The van der Waals surface area contributed by atoms with Gasteiger partial charge in [-0.2, -0.15) is 13.2 Å². The van der Waals surface area contributed by atoms with Crippen LogP contribution < -0.4 is 4.90 Å². The number of fused-ring (bicyclic) bond motifs is 1. The summed E-state index contributed by atoms with van der Waals surface area (Å²) < 4.78 is 42.6. The number of hydrogen-bond acceptors (Lipinski definition) is 3. The number of aromatic nitrogens is 1. The number of hydrogen-bond donors (Lipinski definition) is 0. The van der Waals surface area contributed by atoms with Gasteiger partial charge in [0, 0.05) is 6.54 Å². The Hall–Kier alpha value is -1.79. The molecule has 0 radical (unpaired) electrons. The van der Waals surface area contributed by atoms with Crippen molar-refractivity contribution >= 4 is 11.8 Å². The Bertz CT molecular complexity index is 488. The van der Waals surface area contributed by atoms with Gasteiger partial charge in [0.1, 0.15) is 5.69 Å². The van der Waals surface area contributed by atoms with E-state index < -0.39 is 18.0 Å². The summed E-state index contributed by atoms with van der Waals surface area (Å²) in [5, 5.41) is 0. The van der Waals surface area contributed by atoms with Gasteiger partial charge in [0.05, 0.1) is 18.0 Å². The van der Waals surface area contributed by atoms with Crippen molar-refractivity contribution in [3.63, 3.8) is 0 Å². The number of carbonyl (C=O) groups is 1. The molecule has 0 fully saturated rings. The van der Waals surface area contributed by atoms with Crippen LogP contribution in [0.25, 0.3) is 0 Å². The van der Waals surface area contributed by atoms with Crippen LogP contribution in [-0.4, -0.2) is 24.2 Å². The molecular weight excluding hydrogens is 261 g/mol. The van der Waals surface area contributed by atoms with Crippen molar-refractivity contribution in [1.82, 2.24) is 4.98 Å². The maximum absolute atomic E-state index is 12.6. The van der Waals surface area contributed by atoms with Gasteiger partial charge in [-0.15, -0.1) is 0 Å². The van der Waals surface area contributed by atoms with Gasteiger partial charge >= 0.3 is 12.3 Å². The number of alkyl halides is 3. The van der Waals surface area contributed by atoms with E-state index in [9.17, 15) is 18.0 Å². The molecule has 0 unspecified atom stereocenters. The molecule has 1 aliphatic heterocycles. The second-order valence-electron chi connectivity index (χ2n) is 4.11. The van der Waals surface area contributed by atoms with Gasteiger partial charge in [-0.3, -0.25) is 4.90 Å². The first kappa shape index (κ1) is 13.6. The second kappa shape index (κ2) is 5.07. The van der Waals surface area contributed by atoms with E-state index in [1.54, 1.807) is 6.92 Å². The number of halogens is 3. The quantitative estimate of drug-likeness (QED) is 0.790. The van der Waals surface area contributed by atoms with Crippen LogP contribution in [0.3, 0.4) is 0 Å². The Balaban J connectivity index is 2.33. The third-order valence-electron chi connectivity index (χ3n) is 2.81. The van der Waals surface area contributed by atoms with Crippen molar-refractivity contribution in [2.45, 2.75) is 25.9 Å². The lowest BCUT2D eigenvalue weighted by molar-refractivity contribution is -0.141. The van der Waals surface area contributed by atoms with E-state index in [2.05, 4.69) is 4.98 Å². The van der Waals surface area contributed by atoms with Crippen LogP contribution in [0.15, 0.2) is 12.1 Å². The van der Waals surface area contributed by atoms with Gasteiger partial charge in [0.15, 0.2) is 0 Å². The Labute approximate surface area is 108 Å². The molecule has 1 amide bonds. The largest absolute Gasteiger partial charge is 0.449 e. The topological polar surface area (TPSA) is 42.4 Å². The Morgan fingerprint density at radius 1 is 1.47 bits per heavy atom. The predicted molar refractivity (Wildman–Crippen MR) is 61.9 cm³/mol. The summed E-state index contributed by atoms with van der Waals surface area (Å²) in [5.74, 6) is 0. The fourth-order valence-electron chi connectivity index (χ4n) is 2.00. The molecule has 1 aliphatic rings. The van der Waals surface area contributed by atoms with Gasteiger partial charge in [-0.1, -0.05) is 0 Å². The van der Waals surface area contributed by atoms with Crippen LogP contribution in [-0.2, 0) is 17.3 Å². The zero-order chi connectivity index (χ0) is 14.0. The molecule has 0 saturated carbocycles. The minimum atomic E-state index is -4.47. The minimum Gasteiger partial charge on any atom is -0.449 e. The molecule has 0 N–H and O–H groups in total. The van der Waals surface area contributed by atoms with Gasteiger partial charge in [-0.05, 0) is 31.9 Å². The molecule has 1 aromatic rings. The van der Waals surface area contributed by atoms with E-state index in [1.165, 1.54) is 11.0 Å². The summed E-state index contributed by atoms with van der Waals surface area (Å²) in [6.07, 6.45) is -4.03. The molecular formula is C12H13F3N2O2. The number of amides is 1. The van der Waals surface area contributed by atoms with Crippen molar-refractivity contribution in [2.75, 3.05) is 18.1 Å². The van der Waals surface area contributed by atoms with Crippen molar-refractivity contribution in [1.29, 1.82) is 0 Å². The van der Waals surface area contributed by atoms with Crippen molar-refractivity contribution in [3.8, 4) is 0 Å². The lowest BCUT2D eigenvalue weighted by atomic mass is 10.1. The highest BCUT2D eigenvalue weighted by Gasteiger charge is 2.34. The van der Waals surface area contributed by atoms with Gasteiger partial charge in [-0.25, -0.2) is 9.78 Å². The van der Waals surface area contributed by atoms with Gasteiger partial charge in [0.2, 0.25) is 0 Å². The molecule has 0 aromatic carbocycles. The van der Waals surface area contributed by atoms with Crippen LogP contribution >= 0.6 is 0 Å². The zero-order valence-electron chi connectivity index (χ0n) is 10.3. The molecule has 0 saturated heterocycles. The molecule has 19 heavy (non-hydrogen) atoms. The van der Waals surface area contributed by atoms with Crippen LogP contribution in [0, 0.1) is 0 Å². The summed E-state index contributed by atoms with van der Waals surface area (Å²) in [6.45, 7) is 2.32. The Morgan fingerprint density at radius 3 is 2.84 bits per heavy atom. The molecule has 2 rings (SSSR count). The van der Waals surface area contributed by atoms with Crippen molar-refractivity contribution in [3.05, 3.63) is 23.5 Å². The van der Waals surface area contributed by atoms with E-state index in [4.69, 9.17) is 4.74 Å². The molecule has 0 aliphatic carbocycles. The SMILES string of the molecule is CCOC(=O)N1CCCc2nc(C(F)(F)F)ccc21. The van der Waals surface area contributed by atoms with Crippen LogP contribution in [0.5, 0.6) is 0 Å². The normalized spacial score (nSPS) is 15.1. The highest BCUT2D eigenvalue weighted by molar-refractivity contribution is 5.88. The smallest absolute Gasteiger partial charge is 0.433 e. The summed E-state index contributed by atoms with van der Waals surface area (Å²) in [4.78, 5) is 16.6. The molecule has 4 nitrogen and oxygen atoms in total. The average Bonchev–Trinajstić information content (AvgIpc) is 2.36. The molecule has 104 valence electrons.